The van der Waals surface area contributed by atoms with E-state index in [2.05, 4.69) is 0 Å². The first-order valence-corrected chi connectivity index (χ1v) is 26.2. The van der Waals surface area contributed by atoms with Crippen LogP contribution in [0.25, 0.3) is 0 Å². The molecule has 2 aliphatic heterocycles. The van der Waals surface area contributed by atoms with Gasteiger partial charge < -0.3 is 37.9 Å². The second-order valence-electron chi connectivity index (χ2n) is 18.3. The lowest BCUT2D eigenvalue weighted by molar-refractivity contribution is -0.163. The number of carbonyl (C=O) groups excluding carboxylic acids is 2. The fourth-order valence-corrected chi connectivity index (χ4v) is 8.19. The molecule has 0 bridgehead atoms. The third-order valence-corrected chi connectivity index (χ3v) is 12.4. The molecule has 67 heavy (non-hydrogen) atoms. The smallest absolute Gasteiger partial charge is 0.343 e. The molecule has 0 amide bonds. The first-order chi connectivity index (χ1) is 32.9. The van der Waals surface area contributed by atoms with Gasteiger partial charge in [-0.25, -0.2) is 9.59 Å². The first-order valence-electron chi connectivity index (χ1n) is 26.2. The predicted molar refractivity (Wildman–Crippen MR) is 268 cm³/mol. The number of hydrogen-bond donors (Lipinski definition) is 0. The molecule has 3 aromatic carbocycles. The Labute approximate surface area is 404 Å². The maximum absolute atomic E-state index is 12.7. The standard InChI is InChI=1S/C39H50O7.C18H36O3/c1-30-16-18-32(19-17-30)38(40)45-35-24-25-36(31(2)29-35)46-39(41)33-20-22-34(23-21-33)42-26-12-9-7-5-3-4-6-8-10-13-27-43-37-15-11-14-28-44-37;1-19-15-11-8-6-4-2-3-5-7-9-12-16-20-18-14-10-13-17-21-18/h16-25,29,37H,3-15,26-28H2,1-2H3;18H,2-17H2,1H3. The molecule has 2 heterocycles. The van der Waals surface area contributed by atoms with Crippen LogP contribution in [0.1, 0.15) is 199 Å². The zero-order valence-corrected chi connectivity index (χ0v) is 41.7. The lowest BCUT2D eigenvalue weighted by atomic mass is 10.1. The van der Waals surface area contributed by atoms with Crippen molar-refractivity contribution in [2.75, 3.05) is 46.8 Å². The molecule has 3 aromatic rings. The van der Waals surface area contributed by atoms with Gasteiger partial charge in [-0.3, -0.25) is 0 Å². The van der Waals surface area contributed by atoms with Gasteiger partial charge in [0.1, 0.15) is 17.2 Å². The van der Waals surface area contributed by atoms with E-state index in [0.29, 0.717) is 34.8 Å². The summed E-state index contributed by atoms with van der Waals surface area (Å²) in [6.07, 6.45) is 32.8. The minimum atomic E-state index is -0.460. The second kappa shape index (κ2) is 36.2. The average molecular weight is 931 g/mol. The Hall–Kier alpha value is -3.80. The monoisotopic (exact) mass is 931 g/mol. The zero-order valence-electron chi connectivity index (χ0n) is 41.7. The van der Waals surface area contributed by atoms with Crippen LogP contribution < -0.4 is 14.2 Å². The molecule has 0 aliphatic carbocycles. The molecular weight excluding hydrogens is 845 g/mol. The van der Waals surface area contributed by atoms with E-state index in [0.717, 1.165) is 76.5 Å². The van der Waals surface area contributed by atoms with Crippen molar-refractivity contribution in [1.29, 1.82) is 0 Å². The van der Waals surface area contributed by atoms with Gasteiger partial charge in [0.05, 0.1) is 17.7 Å². The van der Waals surface area contributed by atoms with E-state index in [-0.39, 0.29) is 12.6 Å². The molecule has 0 N–H and O–H groups in total. The van der Waals surface area contributed by atoms with Crippen molar-refractivity contribution in [3.05, 3.63) is 89.0 Å². The molecule has 5 rings (SSSR count). The molecule has 374 valence electrons. The molecule has 2 atom stereocenters. The fraction of sp³-hybridized carbons (Fsp3) is 0.649. The van der Waals surface area contributed by atoms with Gasteiger partial charge >= 0.3 is 11.9 Å². The number of carbonyl (C=O) groups is 2. The van der Waals surface area contributed by atoms with Crippen LogP contribution in [0.15, 0.2) is 66.7 Å². The van der Waals surface area contributed by atoms with Crippen molar-refractivity contribution in [3.63, 3.8) is 0 Å². The molecule has 2 unspecified atom stereocenters. The predicted octanol–water partition coefficient (Wildman–Crippen LogP) is 14.6. The summed E-state index contributed by atoms with van der Waals surface area (Å²) in [5.74, 6) is 0.637. The minimum Gasteiger partial charge on any atom is -0.494 e. The summed E-state index contributed by atoms with van der Waals surface area (Å²) in [6.45, 7) is 8.79. The van der Waals surface area contributed by atoms with Gasteiger partial charge in [-0.2, -0.15) is 0 Å². The Morgan fingerprint density at radius 1 is 0.478 bits per heavy atom. The van der Waals surface area contributed by atoms with Crippen molar-refractivity contribution < 1.29 is 47.5 Å². The van der Waals surface area contributed by atoms with Gasteiger partial charge in [0.25, 0.3) is 0 Å². The van der Waals surface area contributed by atoms with E-state index in [4.69, 9.17) is 37.9 Å². The normalized spacial score (nSPS) is 15.9. The lowest BCUT2D eigenvalue weighted by Crippen LogP contribution is -2.22. The SMILES string of the molecule is COCCCCCCCCCCCCOC1CCCCO1.Cc1ccc(C(=O)Oc2ccc(OC(=O)c3ccc(OCCCCCCCCCCCCOC4CCCCO4)cc3)c(C)c2)cc1. The van der Waals surface area contributed by atoms with Crippen LogP contribution >= 0.6 is 0 Å². The maximum atomic E-state index is 12.7. The minimum absolute atomic E-state index is 0.0454. The number of rotatable bonds is 33. The van der Waals surface area contributed by atoms with Crippen LogP contribution in [0.2, 0.25) is 0 Å². The number of benzene rings is 3. The average Bonchev–Trinajstić information content (AvgIpc) is 3.35. The Morgan fingerprint density at radius 2 is 0.896 bits per heavy atom. The highest BCUT2D eigenvalue weighted by Crippen LogP contribution is 2.26. The number of ether oxygens (including phenoxy) is 8. The number of methoxy groups -OCH3 is 1. The van der Waals surface area contributed by atoms with Crippen LogP contribution in [0.4, 0.5) is 0 Å². The summed E-state index contributed by atoms with van der Waals surface area (Å²) < 4.78 is 44.7. The second-order valence-corrected chi connectivity index (χ2v) is 18.3. The summed E-state index contributed by atoms with van der Waals surface area (Å²) in [5.41, 5.74) is 2.66. The van der Waals surface area contributed by atoms with Gasteiger partial charge in [0.15, 0.2) is 12.6 Å². The summed E-state index contributed by atoms with van der Waals surface area (Å²) in [7, 11) is 1.78. The molecule has 10 heteroatoms. The molecule has 0 saturated carbocycles. The Morgan fingerprint density at radius 3 is 1.34 bits per heavy atom. The Bertz CT molecular complexity index is 1700. The molecule has 10 nitrogen and oxygen atoms in total. The molecule has 0 spiro atoms. The van der Waals surface area contributed by atoms with Crippen molar-refractivity contribution in [2.45, 2.75) is 193 Å². The molecule has 2 saturated heterocycles. The van der Waals surface area contributed by atoms with Crippen LogP contribution in [-0.4, -0.2) is 71.3 Å². The van der Waals surface area contributed by atoms with E-state index in [1.807, 2.05) is 19.1 Å². The highest BCUT2D eigenvalue weighted by molar-refractivity contribution is 5.92. The fourth-order valence-electron chi connectivity index (χ4n) is 8.19. The lowest BCUT2D eigenvalue weighted by Gasteiger charge is -2.22. The summed E-state index contributed by atoms with van der Waals surface area (Å²) in [4.78, 5) is 25.1. The van der Waals surface area contributed by atoms with Crippen molar-refractivity contribution in [2.24, 2.45) is 0 Å². The van der Waals surface area contributed by atoms with Crippen molar-refractivity contribution in [1.82, 2.24) is 0 Å². The van der Waals surface area contributed by atoms with E-state index >= 15 is 0 Å². The van der Waals surface area contributed by atoms with Gasteiger partial charge in [0, 0.05) is 40.1 Å². The van der Waals surface area contributed by atoms with Gasteiger partial charge in [0.2, 0.25) is 0 Å². The summed E-state index contributed by atoms with van der Waals surface area (Å²) in [6, 6.07) is 19.1. The number of hydrogen-bond acceptors (Lipinski definition) is 10. The third-order valence-electron chi connectivity index (χ3n) is 12.4. The van der Waals surface area contributed by atoms with Crippen LogP contribution in [0, 0.1) is 13.8 Å². The van der Waals surface area contributed by atoms with Crippen LogP contribution in [-0.2, 0) is 23.7 Å². The topological polar surface area (TPSA) is 108 Å². The van der Waals surface area contributed by atoms with E-state index < -0.39 is 11.9 Å². The molecular formula is C57H86O10. The quantitative estimate of drug-likeness (QED) is 0.0333. The molecule has 2 fully saturated rings. The van der Waals surface area contributed by atoms with Gasteiger partial charge in [-0.1, -0.05) is 120 Å². The highest BCUT2D eigenvalue weighted by Gasteiger charge is 2.16. The first kappa shape index (κ1) is 55.8. The molecule has 0 radical (unpaired) electrons. The number of unbranched alkanes of at least 4 members (excludes halogenated alkanes) is 18. The highest BCUT2D eigenvalue weighted by atomic mass is 16.7. The Balaban J connectivity index is 0.000000391. The number of aryl methyl sites for hydroxylation is 2. The van der Waals surface area contributed by atoms with Crippen LogP contribution in [0.5, 0.6) is 17.2 Å². The number of esters is 2. The van der Waals surface area contributed by atoms with E-state index in [1.54, 1.807) is 68.6 Å². The Kier molecular flexibility index (Phi) is 30.2. The van der Waals surface area contributed by atoms with E-state index in [1.165, 1.54) is 135 Å². The van der Waals surface area contributed by atoms with Gasteiger partial charge in [-0.05, 0) is 138 Å². The summed E-state index contributed by atoms with van der Waals surface area (Å²) in [5, 5.41) is 0. The van der Waals surface area contributed by atoms with Crippen LogP contribution in [0.3, 0.4) is 0 Å². The molecule has 2 aliphatic rings. The molecule has 0 aromatic heterocycles. The maximum Gasteiger partial charge on any atom is 0.343 e. The largest absolute Gasteiger partial charge is 0.494 e. The van der Waals surface area contributed by atoms with Crippen molar-refractivity contribution in [3.8, 4) is 17.2 Å². The zero-order chi connectivity index (χ0) is 47.4. The van der Waals surface area contributed by atoms with Crippen molar-refractivity contribution >= 4 is 11.9 Å². The summed E-state index contributed by atoms with van der Waals surface area (Å²) >= 11 is 0. The van der Waals surface area contributed by atoms with Gasteiger partial charge in [-0.15, -0.1) is 0 Å². The van der Waals surface area contributed by atoms with E-state index in [9.17, 15) is 9.59 Å². The third kappa shape index (κ3) is 26.0.